The number of nitrogens with zero attached hydrogens (tertiary/aromatic N) is 3. The summed E-state index contributed by atoms with van der Waals surface area (Å²) in [6, 6.07) is 13.7. The molecular weight excluding hydrogens is 358 g/mol. The summed E-state index contributed by atoms with van der Waals surface area (Å²) in [4.78, 5) is 2.51. The number of aromatic nitrogens is 1. The van der Waals surface area contributed by atoms with Crippen molar-refractivity contribution < 1.29 is 8.42 Å². The third kappa shape index (κ3) is 3.40. The Hall–Kier alpha value is -2.15. The minimum absolute atomic E-state index is 0.369. The van der Waals surface area contributed by atoms with Crippen molar-refractivity contribution in [1.29, 1.82) is 0 Å². The number of aryl methyl sites for hydroxylation is 1. The fourth-order valence-electron chi connectivity index (χ4n) is 3.82. The second kappa shape index (κ2) is 6.78. The van der Waals surface area contributed by atoms with Crippen LogP contribution in [0.5, 0.6) is 0 Å². The van der Waals surface area contributed by atoms with Gasteiger partial charge in [-0.2, -0.15) is 4.31 Å². The Bertz CT molecular complexity index is 1100. The topological polar surface area (TPSA) is 45.6 Å². The molecule has 2 aromatic carbocycles. The van der Waals surface area contributed by atoms with Crippen LogP contribution in [0.4, 0.5) is 0 Å². The summed E-state index contributed by atoms with van der Waals surface area (Å²) in [5, 5.41) is 0.948. The predicted octanol–water partition coefficient (Wildman–Crippen LogP) is 2.99. The van der Waals surface area contributed by atoms with Gasteiger partial charge in [0.1, 0.15) is 0 Å². The van der Waals surface area contributed by atoms with E-state index >= 15 is 0 Å². The van der Waals surface area contributed by atoms with E-state index in [0.717, 1.165) is 29.4 Å². The second-order valence-corrected chi connectivity index (χ2v) is 9.51. The van der Waals surface area contributed by atoms with Crippen molar-refractivity contribution in [3.05, 3.63) is 65.4 Å². The molecule has 3 aromatic rings. The molecule has 0 saturated carbocycles. The van der Waals surface area contributed by atoms with E-state index in [0.29, 0.717) is 18.0 Å². The molecule has 0 bridgehead atoms. The summed E-state index contributed by atoms with van der Waals surface area (Å²) in [5.41, 5.74) is 4.67. The largest absolute Gasteiger partial charge is 0.351 e. The maximum absolute atomic E-state index is 13.2. The highest BCUT2D eigenvalue weighted by Gasteiger charge is 2.28. The number of fused-ring (bicyclic) bond motifs is 2. The molecule has 4 rings (SSSR count). The summed E-state index contributed by atoms with van der Waals surface area (Å²) in [6.07, 6.45) is 2.70. The molecule has 5 nitrogen and oxygen atoms in total. The van der Waals surface area contributed by atoms with E-state index in [9.17, 15) is 8.42 Å². The van der Waals surface area contributed by atoms with Crippen LogP contribution < -0.4 is 0 Å². The molecule has 0 saturated heterocycles. The van der Waals surface area contributed by atoms with Gasteiger partial charge in [0, 0.05) is 43.8 Å². The highest BCUT2D eigenvalue weighted by atomic mass is 32.2. The Labute approximate surface area is 160 Å². The minimum atomic E-state index is -3.50. The van der Waals surface area contributed by atoms with Crippen LogP contribution in [0.1, 0.15) is 16.7 Å². The maximum Gasteiger partial charge on any atom is 0.243 e. The second-order valence-electron chi connectivity index (χ2n) is 7.58. The lowest BCUT2D eigenvalue weighted by Gasteiger charge is -2.28. The molecule has 0 radical (unpaired) electrons. The van der Waals surface area contributed by atoms with Crippen LogP contribution in [0.3, 0.4) is 0 Å². The first-order chi connectivity index (χ1) is 12.8. The zero-order valence-electron chi connectivity index (χ0n) is 16.0. The molecule has 0 aliphatic carbocycles. The highest BCUT2D eigenvalue weighted by Crippen LogP contribution is 2.28. The maximum atomic E-state index is 13.2. The van der Waals surface area contributed by atoms with Gasteiger partial charge in [0.2, 0.25) is 10.0 Å². The molecule has 142 valence electrons. The molecule has 0 spiro atoms. The SMILES string of the molecule is CN(C)Cc1ccc2c(c1)CCN(S(=O)(=O)c1ccc3c(ccn3C)c1)C2. The van der Waals surface area contributed by atoms with Crippen LogP contribution in [-0.4, -0.2) is 42.8 Å². The van der Waals surface area contributed by atoms with Crippen LogP contribution in [0, 0.1) is 0 Å². The van der Waals surface area contributed by atoms with Gasteiger partial charge in [-0.25, -0.2) is 8.42 Å². The Morgan fingerprint density at radius 3 is 2.63 bits per heavy atom. The predicted molar refractivity (Wildman–Crippen MR) is 108 cm³/mol. The summed E-state index contributed by atoms with van der Waals surface area (Å²) < 4.78 is 29.9. The number of hydrogen-bond donors (Lipinski definition) is 0. The highest BCUT2D eigenvalue weighted by molar-refractivity contribution is 7.89. The number of rotatable bonds is 4. The lowest BCUT2D eigenvalue weighted by atomic mass is 9.98. The van der Waals surface area contributed by atoms with Crippen molar-refractivity contribution in [3.8, 4) is 0 Å². The Morgan fingerprint density at radius 2 is 1.85 bits per heavy atom. The molecule has 27 heavy (non-hydrogen) atoms. The van der Waals surface area contributed by atoms with Crippen LogP contribution in [0.2, 0.25) is 0 Å². The summed E-state index contributed by atoms with van der Waals surface area (Å²) in [7, 11) is 2.57. The van der Waals surface area contributed by atoms with Crippen LogP contribution in [0.15, 0.2) is 53.6 Å². The van der Waals surface area contributed by atoms with E-state index in [4.69, 9.17) is 0 Å². The molecular formula is C21H25N3O2S. The van der Waals surface area contributed by atoms with Gasteiger partial charge in [0.05, 0.1) is 4.90 Å². The summed E-state index contributed by atoms with van der Waals surface area (Å²) in [6.45, 7) is 1.85. The van der Waals surface area contributed by atoms with Crippen molar-refractivity contribution in [2.24, 2.45) is 7.05 Å². The van der Waals surface area contributed by atoms with Crippen LogP contribution in [-0.2, 0) is 36.6 Å². The third-order valence-corrected chi connectivity index (χ3v) is 7.08. The molecule has 0 N–H and O–H groups in total. The fraction of sp³-hybridized carbons (Fsp3) is 0.333. The Balaban J connectivity index is 1.61. The van der Waals surface area contributed by atoms with E-state index in [-0.39, 0.29) is 0 Å². The van der Waals surface area contributed by atoms with E-state index in [1.54, 1.807) is 16.4 Å². The number of benzene rings is 2. The standard InChI is InChI=1S/C21H25N3O2S/c1-22(2)14-16-4-5-19-15-24(11-9-17(19)12-16)27(25,26)20-6-7-21-18(13-20)8-10-23(21)3/h4-8,10,12-13H,9,11,14-15H2,1-3H3. The fourth-order valence-corrected chi connectivity index (χ4v) is 5.27. The first kappa shape index (κ1) is 18.2. The molecule has 6 heteroatoms. The summed E-state index contributed by atoms with van der Waals surface area (Å²) >= 11 is 0. The smallest absolute Gasteiger partial charge is 0.243 e. The molecule has 0 atom stereocenters. The summed E-state index contributed by atoms with van der Waals surface area (Å²) in [5.74, 6) is 0. The van der Waals surface area contributed by atoms with Crippen molar-refractivity contribution in [2.45, 2.75) is 24.4 Å². The number of sulfonamides is 1. The van der Waals surface area contributed by atoms with E-state index in [1.807, 2.05) is 29.9 Å². The van der Waals surface area contributed by atoms with Gasteiger partial charge >= 0.3 is 0 Å². The van der Waals surface area contributed by atoms with Crippen molar-refractivity contribution >= 4 is 20.9 Å². The van der Waals surface area contributed by atoms with E-state index < -0.39 is 10.0 Å². The van der Waals surface area contributed by atoms with Gasteiger partial charge in [-0.05, 0) is 61.5 Å². The van der Waals surface area contributed by atoms with Crippen molar-refractivity contribution in [1.82, 2.24) is 13.8 Å². The van der Waals surface area contributed by atoms with Gasteiger partial charge in [0.15, 0.2) is 0 Å². The minimum Gasteiger partial charge on any atom is -0.351 e. The lowest BCUT2D eigenvalue weighted by molar-refractivity contribution is 0.388. The van der Waals surface area contributed by atoms with Crippen LogP contribution in [0.25, 0.3) is 10.9 Å². The van der Waals surface area contributed by atoms with E-state index in [1.165, 1.54) is 11.1 Å². The number of hydrogen-bond acceptors (Lipinski definition) is 3. The zero-order chi connectivity index (χ0) is 19.2. The molecule has 2 heterocycles. The molecule has 1 aliphatic rings. The monoisotopic (exact) mass is 383 g/mol. The average molecular weight is 384 g/mol. The van der Waals surface area contributed by atoms with Crippen molar-refractivity contribution in [3.63, 3.8) is 0 Å². The molecule has 1 aliphatic heterocycles. The quantitative estimate of drug-likeness (QED) is 0.696. The molecule has 1 aromatic heterocycles. The van der Waals surface area contributed by atoms with Gasteiger partial charge < -0.3 is 9.47 Å². The van der Waals surface area contributed by atoms with Gasteiger partial charge in [-0.15, -0.1) is 0 Å². The molecule has 0 unspecified atom stereocenters. The Morgan fingerprint density at radius 1 is 1.04 bits per heavy atom. The first-order valence-corrected chi connectivity index (χ1v) is 10.6. The van der Waals surface area contributed by atoms with Crippen LogP contribution >= 0.6 is 0 Å². The van der Waals surface area contributed by atoms with Crippen molar-refractivity contribution in [2.75, 3.05) is 20.6 Å². The molecule has 0 amide bonds. The Kier molecular flexibility index (Phi) is 4.58. The van der Waals surface area contributed by atoms with Gasteiger partial charge in [-0.3, -0.25) is 0 Å². The lowest BCUT2D eigenvalue weighted by Crippen LogP contribution is -2.36. The van der Waals surface area contributed by atoms with E-state index in [2.05, 4.69) is 37.2 Å². The normalized spacial score (nSPS) is 15.4. The molecule has 0 fully saturated rings. The third-order valence-electron chi connectivity index (χ3n) is 5.24. The van der Waals surface area contributed by atoms with Gasteiger partial charge in [-0.1, -0.05) is 18.2 Å². The average Bonchev–Trinajstić information content (AvgIpc) is 3.01. The van der Waals surface area contributed by atoms with Gasteiger partial charge in [0.25, 0.3) is 0 Å². The zero-order valence-corrected chi connectivity index (χ0v) is 16.8. The first-order valence-electron chi connectivity index (χ1n) is 9.15.